The van der Waals surface area contributed by atoms with E-state index < -0.39 is 0 Å². The lowest BCUT2D eigenvalue weighted by molar-refractivity contribution is -0.144. The molecule has 3 heteroatoms. The van der Waals surface area contributed by atoms with E-state index >= 15 is 0 Å². The number of carbonyl (C=O) groups excluding carboxylic acids is 1. The zero-order chi connectivity index (χ0) is 8.97. The van der Waals surface area contributed by atoms with Crippen LogP contribution in [0.15, 0.2) is 0 Å². The number of aliphatic hydroxyl groups is 1. The number of rotatable bonds is 4. The fraction of sp³-hybridized carbons (Fsp3) is 0.889. The molecule has 1 heterocycles. The number of carbonyl (C=O) groups is 1. The van der Waals surface area contributed by atoms with E-state index in [1.165, 1.54) is 0 Å². The molecule has 1 aliphatic rings. The molecule has 1 aliphatic heterocycles. The van der Waals surface area contributed by atoms with Gasteiger partial charge < -0.3 is 9.84 Å². The molecule has 0 aromatic rings. The fourth-order valence-corrected chi connectivity index (χ4v) is 1.61. The summed E-state index contributed by atoms with van der Waals surface area (Å²) in [5.41, 5.74) is 0. The van der Waals surface area contributed by atoms with Crippen molar-refractivity contribution in [2.24, 2.45) is 5.92 Å². The van der Waals surface area contributed by atoms with Crippen LogP contribution < -0.4 is 0 Å². The zero-order valence-corrected chi connectivity index (χ0v) is 7.45. The number of aliphatic hydroxyl groups excluding tert-OH is 1. The standard InChI is InChI=1S/C9H16O3/c1-2-3-8-6-7(4-5-10)9(11)12-8/h7-8,10H,2-6H2,1H3. The van der Waals surface area contributed by atoms with Crippen molar-refractivity contribution >= 4 is 5.97 Å². The normalized spacial score (nSPS) is 29.0. The average Bonchev–Trinajstić information content (AvgIpc) is 2.34. The third-order valence-electron chi connectivity index (χ3n) is 2.25. The molecule has 0 aromatic heterocycles. The molecule has 0 aliphatic carbocycles. The van der Waals surface area contributed by atoms with Gasteiger partial charge in [-0.05, 0) is 19.3 Å². The van der Waals surface area contributed by atoms with Gasteiger partial charge >= 0.3 is 5.97 Å². The number of hydrogen-bond donors (Lipinski definition) is 1. The zero-order valence-electron chi connectivity index (χ0n) is 7.45. The minimum Gasteiger partial charge on any atom is -0.462 e. The second-order valence-electron chi connectivity index (χ2n) is 3.29. The first kappa shape index (κ1) is 9.52. The maximum Gasteiger partial charge on any atom is 0.309 e. The molecule has 0 spiro atoms. The summed E-state index contributed by atoms with van der Waals surface area (Å²) >= 11 is 0. The van der Waals surface area contributed by atoms with Gasteiger partial charge in [-0.25, -0.2) is 0 Å². The van der Waals surface area contributed by atoms with Crippen molar-refractivity contribution in [2.45, 2.75) is 38.7 Å². The third-order valence-corrected chi connectivity index (χ3v) is 2.25. The van der Waals surface area contributed by atoms with Crippen LogP contribution in [0.1, 0.15) is 32.6 Å². The Morgan fingerprint density at radius 1 is 1.58 bits per heavy atom. The molecule has 0 bridgehead atoms. The molecule has 0 saturated carbocycles. The SMILES string of the molecule is CCCC1CC(CCO)C(=O)O1. The molecule has 1 N–H and O–H groups in total. The Labute approximate surface area is 72.7 Å². The maximum absolute atomic E-state index is 11.1. The first-order chi connectivity index (χ1) is 5.77. The molecule has 3 nitrogen and oxygen atoms in total. The summed E-state index contributed by atoms with van der Waals surface area (Å²) in [6, 6.07) is 0. The summed E-state index contributed by atoms with van der Waals surface area (Å²) in [4.78, 5) is 11.1. The van der Waals surface area contributed by atoms with Crippen LogP contribution in [0.2, 0.25) is 0 Å². The minimum absolute atomic E-state index is 0.0495. The van der Waals surface area contributed by atoms with E-state index in [9.17, 15) is 4.79 Å². The lowest BCUT2D eigenvalue weighted by atomic mass is 10.00. The molecular weight excluding hydrogens is 156 g/mol. The number of hydrogen-bond acceptors (Lipinski definition) is 3. The molecule has 1 fully saturated rings. The average molecular weight is 172 g/mol. The van der Waals surface area contributed by atoms with Crippen LogP contribution in [0, 0.1) is 5.92 Å². The van der Waals surface area contributed by atoms with Crippen molar-refractivity contribution in [2.75, 3.05) is 6.61 Å². The third kappa shape index (κ3) is 2.21. The van der Waals surface area contributed by atoms with Crippen LogP contribution in [0.4, 0.5) is 0 Å². The summed E-state index contributed by atoms with van der Waals surface area (Å²) in [6.07, 6.45) is 3.46. The van der Waals surface area contributed by atoms with Gasteiger partial charge in [0.25, 0.3) is 0 Å². The van der Waals surface area contributed by atoms with Gasteiger partial charge in [0.2, 0.25) is 0 Å². The van der Waals surface area contributed by atoms with Crippen molar-refractivity contribution in [1.82, 2.24) is 0 Å². The Morgan fingerprint density at radius 3 is 2.92 bits per heavy atom. The largest absolute Gasteiger partial charge is 0.462 e. The first-order valence-corrected chi connectivity index (χ1v) is 4.59. The highest BCUT2D eigenvalue weighted by molar-refractivity contribution is 5.74. The molecule has 2 atom stereocenters. The van der Waals surface area contributed by atoms with Crippen molar-refractivity contribution < 1.29 is 14.6 Å². The van der Waals surface area contributed by atoms with E-state index in [1.54, 1.807) is 0 Å². The van der Waals surface area contributed by atoms with Gasteiger partial charge in [-0.15, -0.1) is 0 Å². The molecular formula is C9H16O3. The van der Waals surface area contributed by atoms with Crippen LogP contribution >= 0.6 is 0 Å². The smallest absolute Gasteiger partial charge is 0.309 e. The molecule has 0 amide bonds. The van der Waals surface area contributed by atoms with E-state index in [1.807, 2.05) is 0 Å². The molecule has 0 aromatic carbocycles. The number of ether oxygens (including phenoxy) is 1. The van der Waals surface area contributed by atoms with E-state index in [-0.39, 0.29) is 24.6 Å². The minimum atomic E-state index is -0.123. The van der Waals surface area contributed by atoms with E-state index in [4.69, 9.17) is 9.84 Å². The van der Waals surface area contributed by atoms with E-state index in [0.717, 1.165) is 19.3 Å². The summed E-state index contributed by atoms with van der Waals surface area (Å²) in [6.45, 7) is 2.16. The van der Waals surface area contributed by atoms with Crippen LogP contribution in [-0.4, -0.2) is 23.8 Å². The molecule has 1 rings (SSSR count). The summed E-state index contributed by atoms with van der Waals surface area (Å²) in [5.74, 6) is -0.172. The highest BCUT2D eigenvalue weighted by Gasteiger charge is 2.32. The van der Waals surface area contributed by atoms with Crippen molar-refractivity contribution in [3.8, 4) is 0 Å². The summed E-state index contributed by atoms with van der Waals surface area (Å²) < 4.78 is 5.12. The molecule has 12 heavy (non-hydrogen) atoms. The van der Waals surface area contributed by atoms with Crippen LogP contribution in [0.3, 0.4) is 0 Å². The van der Waals surface area contributed by atoms with Crippen LogP contribution in [0.5, 0.6) is 0 Å². The predicted octanol–water partition coefficient (Wildman–Crippen LogP) is 1.10. The van der Waals surface area contributed by atoms with E-state index in [2.05, 4.69) is 6.92 Å². The molecule has 70 valence electrons. The predicted molar refractivity (Wildman–Crippen MR) is 44.6 cm³/mol. The first-order valence-electron chi connectivity index (χ1n) is 4.59. The van der Waals surface area contributed by atoms with Crippen LogP contribution in [0.25, 0.3) is 0 Å². The maximum atomic E-state index is 11.1. The van der Waals surface area contributed by atoms with Gasteiger partial charge in [-0.3, -0.25) is 4.79 Å². The molecule has 2 unspecified atom stereocenters. The van der Waals surface area contributed by atoms with Crippen molar-refractivity contribution in [3.63, 3.8) is 0 Å². The Balaban J connectivity index is 2.34. The Morgan fingerprint density at radius 2 is 2.33 bits per heavy atom. The second kappa shape index (κ2) is 4.45. The number of esters is 1. The summed E-state index contributed by atoms with van der Waals surface area (Å²) in [5, 5.41) is 8.65. The van der Waals surface area contributed by atoms with E-state index in [0.29, 0.717) is 6.42 Å². The molecule has 1 saturated heterocycles. The lowest BCUT2D eigenvalue weighted by Gasteiger charge is -2.04. The van der Waals surface area contributed by atoms with Gasteiger partial charge in [0.1, 0.15) is 6.10 Å². The Bertz CT molecular complexity index is 156. The Hall–Kier alpha value is -0.570. The Kier molecular flexibility index (Phi) is 3.53. The fourth-order valence-electron chi connectivity index (χ4n) is 1.61. The van der Waals surface area contributed by atoms with Crippen molar-refractivity contribution in [3.05, 3.63) is 0 Å². The topological polar surface area (TPSA) is 46.5 Å². The second-order valence-corrected chi connectivity index (χ2v) is 3.29. The number of cyclic esters (lactones) is 1. The van der Waals surface area contributed by atoms with Gasteiger partial charge in [0.15, 0.2) is 0 Å². The quantitative estimate of drug-likeness (QED) is 0.646. The van der Waals surface area contributed by atoms with Gasteiger partial charge in [-0.1, -0.05) is 13.3 Å². The highest BCUT2D eigenvalue weighted by atomic mass is 16.5. The van der Waals surface area contributed by atoms with Gasteiger partial charge in [0.05, 0.1) is 5.92 Å². The lowest BCUT2D eigenvalue weighted by Crippen LogP contribution is -2.08. The van der Waals surface area contributed by atoms with Gasteiger partial charge in [-0.2, -0.15) is 0 Å². The monoisotopic (exact) mass is 172 g/mol. The highest BCUT2D eigenvalue weighted by Crippen LogP contribution is 2.26. The van der Waals surface area contributed by atoms with Crippen LogP contribution in [-0.2, 0) is 9.53 Å². The molecule has 0 radical (unpaired) electrons. The summed E-state index contributed by atoms with van der Waals surface area (Å²) in [7, 11) is 0. The van der Waals surface area contributed by atoms with Gasteiger partial charge in [0, 0.05) is 6.61 Å². The van der Waals surface area contributed by atoms with Crippen molar-refractivity contribution in [1.29, 1.82) is 0 Å².